The second kappa shape index (κ2) is 4.50. The van der Waals surface area contributed by atoms with Gasteiger partial charge in [0.1, 0.15) is 5.71 Å². The summed E-state index contributed by atoms with van der Waals surface area (Å²) < 4.78 is 5.13. The van der Waals surface area contributed by atoms with Gasteiger partial charge < -0.3 is 20.0 Å². The van der Waals surface area contributed by atoms with E-state index in [1.165, 1.54) is 6.26 Å². The first-order valence-corrected chi connectivity index (χ1v) is 6.03. The largest absolute Gasteiger partial charge is 0.463 e. The lowest BCUT2D eigenvalue weighted by Crippen LogP contribution is -2.36. The van der Waals surface area contributed by atoms with Crippen molar-refractivity contribution in [2.75, 3.05) is 5.32 Å². The van der Waals surface area contributed by atoms with Crippen LogP contribution in [0.5, 0.6) is 0 Å². The second-order valence-corrected chi connectivity index (χ2v) is 4.56. The lowest BCUT2D eigenvalue weighted by molar-refractivity contribution is -0.132. The van der Waals surface area contributed by atoms with Crippen LogP contribution in [-0.2, 0) is 10.4 Å². The third-order valence-electron chi connectivity index (χ3n) is 3.35. The van der Waals surface area contributed by atoms with Gasteiger partial charge in [0.2, 0.25) is 0 Å². The van der Waals surface area contributed by atoms with E-state index in [1.54, 1.807) is 36.4 Å². The summed E-state index contributed by atoms with van der Waals surface area (Å²) in [6.45, 7) is 0. The molecule has 0 radical (unpaired) electrons. The summed E-state index contributed by atoms with van der Waals surface area (Å²) in [5.74, 6) is -0.246. The molecule has 1 aromatic carbocycles. The van der Waals surface area contributed by atoms with E-state index in [2.05, 4.69) is 10.5 Å². The molecule has 1 amide bonds. The maximum atomic E-state index is 12.0. The fraction of sp³-hybridized carbons (Fsp3) is 0.143. The minimum Gasteiger partial charge on any atom is -0.463 e. The number of furan rings is 1. The minimum absolute atomic E-state index is 0.101. The van der Waals surface area contributed by atoms with E-state index < -0.39 is 11.5 Å². The third kappa shape index (κ3) is 1.78. The minimum atomic E-state index is -1.77. The van der Waals surface area contributed by atoms with Crippen LogP contribution >= 0.6 is 0 Å². The number of hydrogen-bond acceptors (Lipinski definition) is 5. The van der Waals surface area contributed by atoms with Gasteiger partial charge in [-0.1, -0.05) is 23.4 Å². The number of nitrogens with zero attached hydrogens (tertiary/aromatic N) is 1. The zero-order chi connectivity index (χ0) is 14.2. The molecule has 6 heteroatoms. The molecule has 1 aliphatic heterocycles. The Morgan fingerprint density at radius 2 is 2.10 bits per heavy atom. The van der Waals surface area contributed by atoms with E-state index in [4.69, 9.17) is 9.62 Å². The Labute approximate surface area is 114 Å². The van der Waals surface area contributed by atoms with Crippen LogP contribution in [0, 0.1) is 0 Å². The summed E-state index contributed by atoms with van der Waals surface area (Å²) in [5, 5.41) is 25.5. The first-order chi connectivity index (χ1) is 9.65. The summed E-state index contributed by atoms with van der Waals surface area (Å²) in [7, 11) is 0. The van der Waals surface area contributed by atoms with Crippen molar-refractivity contribution in [3.8, 4) is 0 Å². The highest BCUT2D eigenvalue weighted by atomic mass is 16.4. The van der Waals surface area contributed by atoms with Crippen molar-refractivity contribution in [1.29, 1.82) is 0 Å². The standard InChI is InChI=1S/C14H12N2O4/c17-13-14(18,9-4-1-2-5-10(9)15-13)8-11(16-19)12-6-3-7-20-12/h1-7,18-19H,8H2,(H,15,17)/b16-11+/t14-/m1/s1. The maximum Gasteiger partial charge on any atom is 0.261 e. The van der Waals surface area contributed by atoms with Crippen LogP contribution < -0.4 is 5.32 Å². The number of nitrogens with one attached hydrogen (secondary N) is 1. The van der Waals surface area contributed by atoms with Crippen molar-refractivity contribution in [3.05, 3.63) is 54.0 Å². The molecule has 0 saturated carbocycles. The van der Waals surface area contributed by atoms with Gasteiger partial charge in [-0.15, -0.1) is 0 Å². The van der Waals surface area contributed by atoms with Gasteiger partial charge >= 0.3 is 0 Å². The van der Waals surface area contributed by atoms with Crippen LogP contribution in [-0.4, -0.2) is 21.9 Å². The average Bonchev–Trinajstić information content (AvgIpc) is 3.06. The van der Waals surface area contributed by atoms with Crippen molar-refractivity contribution < 1.29 is 19.5 Å². The second-order valence-electron chi connectivity index (χ2n) is 4.56. The molecule has 0 aliphatic carbocycles. The smallest absolute Gasteiger partial charge is 0.261 e. The Bertz CT molecular complexity index is 678. The Hall–Kier alpha value is -2.60. The monoisotopic (exact) mass is 272 g/mol. The van der Waals surface area contributed by atoms with Crippen LogP contribution in [0.2, 0.25) is 0 Å². The van der Waals surface area contributed by atoms with Crippen LogP contribution in [0.25, 0.3) is 0 Å². The molecule has 102 valence electrons. The highest BCUT2D eigenvalue weighted by Gasteiger charge is 2.46. The maximum absolute atomic E-state index is 12.0. The molecular weight excluding hydrogens is 260 g/mol. The van der Waals surface area contributed by atoms with Crippen LogP contribution in [0.15, 0.2) is 52.2 Å². The van der Waals surface area contributed by atoms with Crippen LogP contribution in [0.3, 0.4) is 0 Å². The number of anilines is 1. The molecular formula is C14H12N2O4. The van der Waals surface area contributed by atoms with Crippen LogP contribution in [0.1, 0.15) is 17.7 Å². The Kier molecular flexibility index (Phi) is 2.80. The number of carbonyl (C=O) groups excluding carboxylic acids is 1. The number of amides is 1. The molecule has 1 aliphatic rings. The summed E-state index contributed by atoms with van der Waals surface area (Å²) in [6, 6.07) is 10.1. The number of benzene rings is 1. The Morgan fingerprint density at radius 1 is 1.30 bits per heavy atom. The molecule has 1 aromatic heterocycles. The van der Waals surface area contributed by atoms with E-state index in [0.29, 0.717) is 17.0 Å². The van der Waals surface area contributed by atoms with Crippen molar-refractivity contribution in [1.82, 2.24) is 0 Å². The van der Waals surface area contributed by atoms with E-state index >= 15 is 0 Å². The molecule has 0 saturated heterocycles. The number of oxime groups is 1. The number of aliphatic hydroxyl groups is 1. The highest BCUT2D eigenvalue weighted by Crippen LogP contribution is 2.38. The number of hydrogen-bond donors (Lipinski definition) is 3. The SMILES string of the molecule is O=C1Nc2ccccc2[C@]1(O)C/C(=N\O)c1ccco1. The number of rotatable bonds is 3. The molecule has 3 N–H and O–H groups in total. The van der Waals surface area contributed by atoms with Gasteiger partial charge in [0.05, 0.1) is 6.26 Å². The molecule has 3 rings (SSSR count). The molecule has 0 fully saturated rings. The lowest BCUT2D eigenvalue weighted by Gasteiger charge is -2.20. The zero-order valence-corrected chi connectivity index (χ0v) is 10.4. The molecule has 1 atom stereocenters. The van der Waals surface area contributed by atoms with Gasteiger partial charge in [-0.2, -0.15) is 0 Å². The first-order valence-electron chi connectivity index (χ1n) is 6.03. The summed E-state index contributed by atoms with van der Waals surface area (Å²) >= 11 is 0. The van der Waals surface area contributed by atoms with Crippen molar-refractivity contribution in [2.45, 2.75) is 12.0 Å². The number of carbonyl (C=O) groups is 1. The fourth-order valence-electron chi connectivity index (χ4n) is 2.33. The Morgan fingerprint density at radius 3 is 2.80 bits per heavy atom. The molecule has 20 heavy (non-hydrogen) atoms. The third-order valence-corrected chi connectivity index (χ3v) is 3.35. The fourth-order valence-corrected chi connectivity index (χ4v) is 2.33. The van der Waals surface area contributed by atoms with Gasteiger partial charge in [0.25, 0.3) is 5.91 Å². The van der Waals surface area contributed by atoms with Gasteiger partial charge in [-0.3, -0.25) is 4.79 Å². The Balaban J connectivity index is 1.99. The molecule has 2 heterocycles. The van der Waals surface area contributed by atoms with Crippen molar-refractivity contribution >= 4 is 17.3 Å². The van der Waals surface area contributed by atoms with E-state index in [-0.39, 0.29) is 12.1 Å². The predicted octanol–water partition coefficient (Wildman–Crippen LogP) is 1.69. The van der Waals surface area contributed by atoms with Crippen LogP contribution in [0.4, 0.5) is 5.69 Å². The molecule has 6 nitrogen and oxygen atoms in total. The van der Waals surface area contributed by atoms with Crippen molar-refractivity contribution in [3.63, 3.8) is 0 Å². The van der Waals surface area contributed by atoms with Crippen molar-refractivity contribution in [2.24, 2.45) is 5.16 Å². The van der Waals surface area contributed by atoms with E-state index in [1.807, 2.05) is 0 Å². The van der Waals surface area contributed by atoms with Gasteiger partial charge in [0.15, 0.2) is 11.4 Å². The van der Waals surface area contributed by atoms with E-state index in [9.17, 15) is 9.90 Å². The molecule has 0 unspecified atom stereocenters. The number of fused-ring (bicyclic) bond motifs is 1. The molecule has 2 aromatic rings. The van der Waals surface area contributed by atoms with Gasteiger partial charge in [-0.25, -0.2) is 0 Å². The normalized spacial score (nSPS) is 21.6. The summed E-state index contributed by atoms with van der Waals surface area (Å²) in [6.07, 6.45) is 1.24. The van der Waals surface area contributed by atoms with Gasteiger partial charge in [0, 0.05) is 17.7 Å². The summed E-state index contributed by atoms with van der Waals surface area (Å²) in [4.78, 5) is 12.0. The average molecular weight is 272 g/mol. The quantitative estimate of drug-likeness (QED) is 0.450. The molecule has 0 bridgehead atoms. The van der Waals surface area contributed by atoms with E-state index in [0.717, 1.165) is 0 Å². The van der Waals surface area contributed by atoms with Gasteiger partial charge in [-0.05, 0) is 18.2 Å². The zero-order valence-electron chi connectivity index (χ0n) is 10.4. The number of para-hydroxylation sites is 1. The highest BCUT2D eigenvalue weighted by molar-refractivity contribution is 6.09. The predicted molar refractivity (Wildman–Crippen MR) is 70.6 cm³/mol. The summed E-state index contributed by atoms with van der Waals surface area (Å²) in [5.41, 5.74) is -0.663. The topological polar surface area (TPSA) is 95.1 Å². The first kappa shape index (κ1) is 12.4. The molecule has 0 spiro atoms. The lowest BCUT2D eigenvalue weighted by atomic mass is 9.89.